The Hall–Kier alpha value is -1.63. The molecule has 7 heteroatoms. The molecule has 0 fully saturated rings. The number of aliphatic carboxylic acids is 1. The van der Waals surface area contributed by atoms with Gasteiger partial charge in [0, 0.05) is 4.47 Å². The quantitative estimate of drug-likeness (QED) is 0.661. The highest BCUT2D eigenvalue weighted by atomic mass is 79.9. The zero-order valence-electron chi connectivity index (χ0n) is 7.62. The van der Waals surface area contributed by atoms with Gasteiger partial charge in [-0.25, -0.2) is 9.18 Å². The van der Waals surface area contributed by atoms with Gasteiger partial charge in [0.2, 0.25) is 12.5 Å². The highest BCUT2D eigenvalue weighted by Gasteiger charge is 2.30. The van der Waals surface area contributed by atoms with E-state index in [9.17, 15) is 14.0 Å². The molecule has 1 aromatic rings. The van der Waals surface area contributed by atoms with Crippen LogP contribution >= 0.6 is 15.9 Å². The first-order valence-electron chi connectivity index (χ1n) is 4.07. The minimum atomic E-state index is -1.74. The summed E-state index contributed by atoms with van der Waals surface area (Å²) in [6, 6.07) is 1.29. The molecule has 1 heterocycles. The molecule has 0 aliphatic carbocycles. The highest BCUT2D eigenvalue weighted by Crippen LogP contribution is 2.40. The SMILES string of the molecule is O=C(O)C(=O)c1c(Br)cc2c(c1F)OCO2. The van der Waals surface area contributed by atoms with Gasteiger partial charge in [-0.2, -0.15) is 0 Å². The van der Waals surface area contributed by atoms with Gasteiger partial charge in [0.05, 0.1) is 5.56 Å². The van der Waals surface area contributed by atoms with Crippen LogP contribution in [0.5, 0.6) is 11.5 Å². The maximum absolute atomic E-state index is 13.7. The van der Waals surface area contributed by atoms with E-state index in [0.29, 0.717) is 0 Å². The van der Waals surface area contributed by atoms with Crippen molar-refractivity contribution in [3.63, 3.8) is 0 Å². The number of rotatable bonds is 2. The second-order valence-corrected chi connectivity index (χ2v) is 3.77. The minimum absolute atomic E-state index is 0.0154. The molecule has 0 radical (unpaired) electrons. The van der Waals surface area contributed by atoms with Gasteiger partial charge in [-0.15, -0.1) is 0 Å². The predicted octanol–water partition coefficient (Wildman–Crippen LogP) is 1.58. The Morgan fingerprint density at radius 3 is 2.75 bits per heavy atom. The van der Waals surface area contributed by atoms with Gasteiger partial charge in [-0.1, -0.05) is 0 Å². The van der Waals surface area contributed by atoms with Crippen molar-refractivity contribution in [2.45, 2.75) is 0 Å². The molecule has 16 heavy (non-hydrogen) atoms. The molecule has 84 valence electrons. The van der Waals surface area contributed by atoms with Crippen LogP contribution < -0.4 is 9.47 Å². The smallest absolute Gasteiger partial charge is 0.377 e. The number of ether oxygens (including phenoxy) is 2. The summed E-state index contributed by atoms with van der Waals surface area (Å²) in [5, 5.41) is 8.52. The molecule has 5 nitrogen and oxygen atoms in total. The summed E-state index contributed by atoms with van der Waals surface area (Å²) in [6.07, 6.45) is 0. The van der Waals surface area contributed by atoms with Crippen molar-refractivity contribution < 1.29 is 28.6 Å². The van der Waals surface area contributed by atoms with Gasteiger partial charge in [0.25, 0.3) is 5.78 Å². The normalized spacial score (nSPS) is 12.6. The van der Waals surface area contributed by atoms with Gasteiger partial charge in [-0.05, 0) is 22.0 Å². The molecule has 2 rings (SSSR count). The fraction of sp³-hybridized carbons (Fsp3) is 0.111. The number of ketones is 1. The van der Waals surface area contributed by atoms with E-state index in [4.69, 9.17) is 14.6 Å². The summed E-state index contributed by atoms with van der Waals surface area (Å²) in [4.78, 5) is 21.7. The molecule has 1 aliphatic rings. The number of carbonyl (C=O) groups excluding carboxylic acids is 1. The van der Waals surface area contributed by atoms with E-state index in [1.807, 2.05) is 0 Å². The Labute approximate surface area is 96.9 Å². The Bertz CT molecular complexity index is 499. The summed E-state index contributed by atoms with van der Waals surface area (Å²) in [5.74, 6) is -4.23. The zero-order valence-corrected chi connectivity index (χ0v) is 9.21. The van der Waals surface area contributed by atoms with Crippen molar-refractivity contribution in [2.24, 2.45) is 0 Å². The Morgan fingerprint density at radius 1 is 1.44 bits per heavy atom. The van der Waals surface area contributed by atoms with Gasteiger partial charge >= 0.3 is 5.97 Å². The third kappa shape index (κ3) is 1.53. The minimum Gasteiger partial charge on any atom is -0.475 e. The molecule has 0 bridgehead atoms. The van der Waals surface area contributed by atoms with Crippen molar-refractivity contribution in [1.29, 1.82) is 0 Å². The van der Waals surface area contributed by atoms with E-state index in [0.717, 1.165) is 0 Å². The molecule has 1 aromatic carbocycles. The highest BCUT2D eigenvalue weighted by molar-refractivity contribution is 9.10. The Morgan fingerprint density at radius 2 is 2.12 bits per heavy atom. The molecule has 0 amide bonds. The van der Waals surface area contributed by atoms with Gasteiger partial charge in [0.1, 0.15) is 0 Å². The number of hydrogen-bond acceptors (Lipinski definition) is 4. The molecule has 0 saturated carbocycles. The number of halogens is 2. The summed E-state index contributed by atoms with van der Waals surface area (Å²) >= 11 is 2.91. The van der Waals surface area contributed by atoms with Crippen LogP contribution in [-0.4, -0.2) is 23.7 Å². The first-order valence-corrected chi connectivity index (χ1v) is 4.87. The van der Waals surface area contributed by atoms with Crippen molar-refractivity contribution in [1.82, 2.24) is 0 Å². The maximum atomic E-state index is 13.7. The van der Waals surface area contributed by atoms with Crippen LogP contribution in [0.2, 0.25) is 0 Å². The number of hydrogen-bond donors (Lipinski definition) is 1. The lowest BCUT2D eigenvalue weighted by atomic mass is 10.1. The number of carboxylic acid groups (broad SMARTS) is 1. The van der Waals surface area contributed by atoms with Gasteiger partial charge < -0.3 is 14.6 Å². The Balaban J connectivity index is 2.63. The number of Topliss-reactive ketones (excluding diaryl/α,β-unsaturated/α-hetero) is 1. The molecular weight excluding hydrogens is 287 g/mol. The fourth-order valence-electron chi connectivity index (χ4n) is 1.29. The molecule has 0 aromatic heterocycles. The summed E-state index contributed by atoms with van der Waals surface area (Å²) in [7, 11) is 0. The first-order chi connectivity index (χ1) is 7.52. The lowest BCUT2D eigenvalue weighted by Crippen LogP contribution is -2.15. The first kappa shape index (κ1) is 10.9. The van der Waals surface area contributed by atoms with Crippen LogP contribution in [0.15, 0.2) is 10.5 Å². The number of carbonyl (C=O) groups is 2. The van der Waals surface area contributed by atoms with Crippen LogP contribution in [0, 0.1) is 5.82 Å². The van der Waals surface area contributed by atoms with Crippen LogP contribution in [0.3, 0.4) is 0 Å². The largest absolute Gasteiger partial charge is 0.475 e. The molecule has 0 unspecified atom stereocenters. The van der Waals surface area contributed by atoms with E-state index in [1.54, 1.807) is 0 Å². The van der Waals surface area contributed by atoms with Crippen molar-refractivity contribution >= 4 is 27.7 Å². The van der Waals surface area contributed by atoms with Crippen LogP contribution in [-0.2, 0) is 4.79 Å². The molecule has 1 N–H and O–H groups in total. The fourth-order valence-corrected chi connectivity index (χ4v) is 1.85. The van der Waals surface area contributed by atoms with E-state index in [1.165, 1.54) is 6.07 Å². The monoisotopic (exact) mass is 290 g/mol. The zero-order chi connectivity index (χ0) is 11.9. The van der Waals surface area contributed by atoms with Crippen molar-refractivity contribution in [3.8, 4) is 11.5 Å². The summed E-state index contributed by atoms with van der Waals surface area (Å²) < 4.78 is 23.4. The van der Waals surface area contributed by atoms with Crippen LogP contribution in [0.4, 0.5) is 4.39 Å². The summed E-state index contributed by atoms with van der Waals surface area (Å²) in [5.41, 5.74) is -0.572. The second-order valence-electron chi connectivity index (χ2n) is 2.92. The van der Waals surface area contributed by atoms with Gasteiger partial charge in [0.15, 0.2) is 11.6 Å². The topological polar surface area (TPSA) is 72.8 Å². The number of carboxylic acids is 1. The van der Waals surface area contributed by atoms with E-state index in [2.05, 4.69) is 15.9 Å². The molecule has 1 aliphatic heterocycles. The standard InChI is InChI=1S/C9H4BrFO5/c10-3-1-4-8(16-2-15-4)6(11)5(3)7(12)9(13)14/h1H,2H2,(H,13,14). The second kappa shape index (κ2) is 3.75. The van der Waals surface area contributed by atoms with E-state index >= 15 is 0 Å². The molecular formula is C9H4BrFO5. The van der Waals surface area contributed by atoms with E-state index in [-0.39, 0.29) is 22.8 Å². The van der Waals surface area contributed by atoms with Crippen molar-refractivity contribution in [2.75, 3.05) is 6.79 Å². The predicted molar refractivity (Wildman–Crippen MR) is 52.2 cm³/mol. The maximum Gasteiger partial charge on any atom is 0.377 e. The molecule has 0 spiro atoms. The Kier molecular flexibility index (Phi) is 2.55. The molecule has 0 saturated heterocycles. The number of benzene rings is 1. The lowest BCUT2D eigenvalue weighted by molar-refractivity contribution is -0.131. The van der Waals surface area contributed by atoms with Crippen molar-refractivity contribution in [3.05, 3.63) is 21.9 Å². The number of fused-ring (bicyclic) bond motifs is 1. The lowest BCUT2D eigenvalue weighted by Gasteiger charge is -2.05. The van der Waals surface area contributed by atoms with Gasteiger partial charge in [-0.3, -0.25) is 4.79 Å². The van der Waals surface area contributed by atoms with Crippen LogP contribution in [0.1, 0.15) is 10.4 Å². The average Bonchev–Trinajstić information content (AvgIpc) is 2.65. The average molecular weight is 291 g/mol. The third-order valence-electron chi connectivity index (χ3n) is 1.98. The molecule has 0 atom stereocenters. The van der Waals surface area contributed by atoms with E-state index < -0.39 is 23.1 Å². The summed E-state index contributed by atoms with van der Waals surface area (Å²) in [6.45, 7) is -0.163. The third-order valence-corrected chi connectivity index (χ3v) is 2.60. The van der Waals surface area contributed by atoms with Crippen LogP contribution in [0.25, 0.3) is 0 Å².